The summed E-state index contributed by atoms with van der Waals surface area (Å²) in [7, 11) is 0. The van der Waals surface area contributed by atoms with Crippen LogP contribution in [0.5, 0.6) is 0 Å². The van der Waals surface area contributed by atoms with Crippen LogP contribution in [0, 0.1) is 0 Å². The molecule has 4 heteroatoms. The molecule has 0 aliphatic heterocycles. The molecule has 2 aliphatic rings. The minimum atomic E-state index is -0.517. The van der Waals surface area contributed by atoms with Crippen molar-refractivity contribution >= 4 is 42.3 Å². The fourth-order valence-corrected chi connectivity index (χ4v) is 10.5. The van der Waals surface area contributed by atoms with Crippen molar-refractivity contribution in [3.8, 4) is 56.4 Å². The van der Waals surface area contributed by atoms with Gasteiger partial charge in [0.2, 0.25) is 0 Å². The Morgan fingerprint density at radius 3 is 1.83 bits per heavy atom. The van der Waals surface area contributed by atoms with Gasteiger partial charge >= 0.3 is 0 Å². The highest BCUT2D eigenvalue weighted by atomic mass is 32.1. The van der Waals surface area contributed by atoms with E-state index in [0.29, 0.717) is 17.5 Å². The first kappa shape index (κ1) is 29.8. The highest BCUT2D eigenvalue weighted by Gasteiger charge is 2.50. The number of thiophene rings is 1. The van der Waals surface area contributed by atoms with Crippen LogP contribution in [-0.4, -0.2) is 15.0 Å². The number of hydrogen-bond donors (Lipinski definition) is 0. The van der Waals surface area contributed by atoms with Gasteiger partial charge in [-0.25, -0.2) is 15.0 Å². The quantitative estimate of drug-likeness (QED) is 0.184. The molecule has 2 aromatic heterocycles. The van der Waals surface area contributed by atoms with E-state index < -0.39 is 5.41 Å². The van der Waals surface area contributed by atoms with Gasteiger partial charge in [-0.15, -0.1) is 11.3 Å². The highest BCUT2D eigenvalue weighted by molar-refractivity contribution is 7.25. The molecule has 0 radical (unpaired) electrons. The highest BCUT2D eigenvalue weighted by Crippen LogP contribution is 2.63. The minimum absolute atomic E-state index is 0.517. The Morgan fingerprint density at radius 2 is 0.963 bits per heavy atom. The van der Waals surface area contributed by atoms with Crippen LogP contribution in [-0.2, 0) is 5.41 Å². The number of fused-ring (bicyclic) bond motifs is 12. The van der Waals surface area contributed by atoms with E-state index in [2.05, 4.69) is 158 Å². The second kappa shape index (κ2) is 11.1. The van der Waals surface area contributed by atoms with Gasteiger partial charge in [-0.2, -0.15) is 0 Å². The first-order valence-corrected chi connectivity index (χ1v) is 19.2. The number of benzene rings is 8. The lowest BCUT2D eigenvalue weighted by atomic mass is 9.61. The summed E-state index contributed by atoms with van der Waals surface area (Å²) in [4.78, 5) is 15.8. The van der Waals surface area contributed by atoms with E-state index in [1.165, 1.54) is 75.5 Å². The largest absolute Gasteiger partial charge is 0.208 e. The maximum absolute atomic E-state index is 5.35. The zero-order valence-electron chi connectivity index (χ0n) is 29.0. The van der Waals surface area contributed by atoms with Crippen molar-refractivity contribution in [1.29, 1.82) is 0 Å². The third-order valence-corrected chi connectivity index (χ3v) is 12.7. The van der Waals surface area contributed by atoms with Crippen LogP contribution in [0.25, 0.3) is 87.4 Å². The minimum Gasteiger partial charge on any atom is -0.208 e. The Labute approximate surface area is 315 Å². The normalized spacial score (nSPS) is 15.1. The van der Waals surface area contributed by atoms with E-state index in [1.807, 2.05) is 29.5 Å². The zero-order chi connectivity index (χ0) is 35.4. The smallest absolute Gasteiger partial charge is 0.164 e. The Morgan fingerprint density at radius 1 is 0.370 bits per heavy atom. The van der Waals surface area contributed by atoms with E-state index >= 15 is 0 Å². The van der Waals surface area contributed by atoms with Crippen molar-refractivity contribution in [2.75, 3.05) is 0 Å². The summed E-state index contributed by atoms with van der Waals surface area (Å²) < 4.78 is 2.50. The summed E-state index contributed by atoms with van der Waals surface area (Å²) >= 11 is 1.81. The topological polar surface area (TPSA) is 38.7 Å². The second-order valence-electron chi connectivity index (χ2n) is 14.3. The maximum atomic E-state index is 5.35. The average Bonchev–Trinajstić information content (AvgIpc) is 3.76. The summed E-state index contributed by atoms with van der Waals surface area (Å²) in [5, 5.41) is 5.10. The molecule has 250 valence electrons. The molecule has 54 heavy (non-hydrogen) atoms. The number of rotatable bonds is 3. The second-order valence-corrected chi connectivity index (χ2v) is 15.3. The molecule has 0 amide bonds. The van der Waals surface area contributed by atoms with Crippen LogP contribution in [0.2, 0.25) is 0 Å². The molecule has 8 aromatic carbocycles. The van der Waals surface area contributed by atoms with Crippen LogP contribution in [0.15, 0.2) is 176 Å². The molecule has 1 atom stereocenters. The SMILES string of the molecule is c1ccc(-c2nc(-c3ccc4c(c3)sc3ccccc34)nc(-c3cccc4c3-c3ccccc3C43c4ccccc4-c4cccc5cccc3c45)n2)cc1. The van der Waals surface area contributed by atoms with E-state index in [9.17, 15) is 0 Å². The Balaban J connectivity index is 1.15. The summed E-state index contributed by atoms with van der Waals surface area (Å²) in [6.07, 6.45) is 0. The molecule has 10 aromatic rings. The van der Waals surface area contributed by atoms with Gasteiger partial charge in [0.05, 0.1) is 5.41 Å². The monoisotopic (exact) mass is 703 g/mol. The van der Waals surface area contributed by atoms with E-state index in [-0.39, 0.29) is 0 Å². The lowest BCUT2D eigenvalue weighted by Gasteiger charge is -2.40. The first-order valence-electron chi connectivity index (χ1n) is 18.4. The van der Waals surface area contributed by atoms with E-state index in [1.54, 1.807) is 0 Å². The van der Waals surface area contributed by atoms with Gasteiger partial charge in [0.15, 0.2) is 17.5 Å². The standard InChI is InChI=1S/C50H29N3S/c1-2-13-31(14-3-1)47-51-48(32-27-28-35-34-18-6-9-26-43(34)54-44(35)29-32)53-49(52-47)38-21-12-25-42-46(38)37-19-5-8-23-40(37)50(42)39-22-7-4-17-33(39)36-20-10-15-30-16-11-24-41(50)45(30)36/h1-29H. The van der Waals surface area contributed by atoms with Crippen LogP contribution < -0.4 is 0 Å². The predicted molar refractivity (Wildman–Crippen MR) is 223 cm³/mol. The average molecular weight is 704 g/mol. The number of aromatic nitrogens is 3. The van der Waals surface area contributed by atoms with Gasteiger partial charge in [0, 0.05) is 36.9 Å². The summed E-state index contributed by atoms with van der Waals surface area (Å²) in [6.45, 7) is 0. The Bertz CT molecular complexity index is 3170. The maximum Gasteiger partial charge on any atom is 0.164 e. The molecule has 0 fully saturated rings. The number of hydrogen-bond acceptors (Lipinski definition) is 4. The van der Waals surface area contributed by atoms with Gasteiger partial charge in [-0.1, -0.05) is 164 Å². The summed E-state index contributed by atoms with van der Waals surface area (Å²) in [5.74, 6) is 1.99. The molecule has 3 nitrogen and oxygen atoms in total. The van der Waals surface area contributed by atoms with Gasteiger partial charge in [-0.05, 0) is 67.4 Å². The molecule has 0 bridgehead atoms. The van der Waals surface area contributed by atoms with E-state index in [0.717, 1.165) is 16.7 Å². The van der Waals surface area contributed by atoms with Crippen molar-refractivity contribution in [2.45, 2.75) is 5.41 Å². The summed E-state index contributed by atoms with van der Waals surface area (Å²) in [6, 6.07) is 63.7. The van der Waals surface area contributed by atoms with Crippen LogP contribution >= 0.6 is 11.3 Å². The first-order chi connectivity index (χ1) is 26.8. The lowest BCUT2D eigenvalue weighted by molar-refractivity contribution is 0.773. The van der Waals surface area contributed by atoms with Crippen molar-refractivity contribution in [2.24, 2.45) is 0 Å². The van der Waals surface area contributed by atoms with Crippen molar-refractivity contribution in [1.82, 2.24) is 15.0 Å². The summed E-state index contributed by atoms with van der Waals surface area (Å²) in [5.41, 5.74) is 12.5. The van der Waals surface area contributed by atoms with Crippen molar-refractivity contribution in [3.05, 3.63) is 198 Å². The van der Waals surface area contributed by atoms with Gasteiger partial charge in [0.25, 0.3) is 0 Å². The zero-order valence-corrected chi connectivity index (χ0v) is 29.8. The van der Waals surface area contributed by atoms with Crippen LogP contribution in [0.3, 0.4) is 0 Å². The molecule has 2 heterocycles. The predicted octanol–water partition coefficient (Wildman–Crippen LogP) is 12.7. The molecule has 2 aliphatic carbocycles. The molecule has 0 saturated carbocycles. The van der Waals surface area contributed by atoms with Crippen LogP contribution in [0.1, 0.15) is 22.3 Å². The van der Waals surface area contributed by atoms with Gasteiger partial charge in [0.1, 0.15) is 0 Å². The van der Waals surface area contributed by atoms with Crippen LogP contribution in [0.4, 0.5) is 0 Å². The lowest BCUT2D eigenvalue weighted by Crippen LogP contribution is -2.31. The molecule has 12 rings (SSSR count). The molecule has 0 saturated heterocycles. The van der Waals surface area contributed by atoms with Crippen molar-refractivity contribution < 1.29 is 0 Å². The fraction of sp³-hybridized carbons (Fsp3) is 0.0200. The molecule has 1 spiro atoms. The van der Waals surface area contributed by atoms with Gasteiger partial charge in [-0.3, -0.25) is 0 Å². The van der Waals surface area contributed by atoms with E-state index in [4.69, 9.17) is 15.0 Å². The number of nitrogens with zero attached hydrogens (tertiary/aromatic N) is 3. The third-order valence-electron chi connectivity index (χ3n) is 11.5. The molecule has 0 N–H and O–H groups in total. The molecular formula is C50H29N3S. The Kier molecular flexibility index (Phi) is 6.14. The Hall–Kier alpha value is -6.75. The van der Waals surface area contributed by atoms with Crippen molar-refractivity contribution in [3.63, 3.8) is 0 Å². The van der Waals surface area contributed by atoms with Gasteiger partial charge < -0.3 is 0 Å². The molecular weight excluding hydrogens is 675 g/mol. The fourth-order valence-electron chi connectivity index (χ4n) is 9.37. The molecule has 1 unspecified atom stereocenters. The third kappa shape index (κ3) is 3.98.